The number of para-hydroxylation sites is 2. The van der Waals surface area contributed by atoms with Crippen molar-refractivity contribution >= 4 is 11.0 Å². The van der Waals surface area contributed by atoms with Gasteiger partial charge < -0.3 is 9.88 Å². The molecule has 1 unspecified atom stereocenters. The fourth-order valence-corrected chi connectivity index (χ4v) is 1.67. The zero-order valence-corrected chi connectivity index (χ0v) is 9.27. The molecular formula is C12H17N3. The molecule has 3 heteroatoms. The van der Waals surface area contributed by atoms with Gasteiger partial charge in [-0.05, 0) is 32.5 Å². The van der Waals surface area contributed by atoms with E-state index in [0.717, 1.165) is 18.5 Å². The first kappa shape index (κ1) is 10.2. The molecule has 0 amide bonds. The first-order valence-electron chi connectivity index (χ1n) is 5.38. The molecular weight excluding hydrogens is 186 g/mol. The molecule has 0 radical (unpaired) electrons. The standard InChI is InChI=1S/C12H17N3/c1-10(13-2)7-8-15-9-14-11-5-3-4-6-12(11)15/h3-6,9-10,13H,7-8H2,1-2H3. The molecule has 3 nitrogen and oxygen atoms in total. The van der Waals surface area contributed by atoms with E-state index in [1.165, 1.54) is 5.52 Å². The minimum atomic E-state index is 0.547. The van der Waals surface area contributed by atoms with Gasteiger partial charge in [0, 0.05) is 12.6 Å². The Morgan fingerprint density at radius 3 is 3.00 bits per heavy atom. The summed E-state index contributed by atoms with van der Waals surface area (Å²) in [5.74, 6) is 0. The average molecular weight is 203 g/mol. The van der Waals surface area contributed by atoms with Gasteiger partial charge in [-0.15, -0.1) is 0 Å². The summed E-state index contributed by atoms with van der Waals surface area (Å²) in [4.78, 5) is 4.36. The predicted molar refractivity (Wildman–Crippen MR) is 62.9 cm³/mol. The van der Waals surface area contributed by atoms with Gasteiger partial charge in [-0.2, -0.15) is 0 Å². The van der Waals surface area contributed by atoms with E-state index in [9.17, 15) is 0 Å². The lowest BCUT2D eigenvalue weighted by atomic mass is 10.2. The number of hydrogen-bond acceptors (Lipinski definition) is 2. The van der Waals surface area contributed by atoms with E-state index in [1.54, 1.807) is 0 Å². The highest BCUT2D eigenvalue weighted by Crippen LogP contribution is 2.12. The minimum Gasteiger partial charge on any atom is -0.331 e. The van der Waals surface area contributed by atoms with E-state index >= 15 is 0 Å². The Morgan fingerprint density at radius 1 is 1.40 bits per heavy atom. The highest BCUT2D eigenvalue weighted by Gasteiger charge is 2.02. The first-order valence-corrected chi connectivity index (χ1v) is 5.38. The van der Waals surface area contributed by atoms with E-state index in [1.807, 2.05) is 25.5 Å². The molecule has 15 heavy (non-hydrogen) atoms. The number of benzene rings is 1. The summed E-state index contributed by atoms with van der Waals surface area (Å²) in [7, 11) is 2.00. The lowest BCUT2D eigenvalue weighted by molar-refractivity contribution is 0.515. The van der Waals surface area contributed by atoms with Crippen molar-refractivity contribution in [3.63, 3.8) is 0 Å². The molecule has 1 N–H and O–H groups in total. The van der Waals surface area contributed by atoms with E-state index < -0.39 is 0 Å². The van der Waals surface area contributed by atoms with Crippen molar-refractivity contribution in [1.82, 2.24) is 14.9 Å². The van der Waals surface area contributed by atoms with Crippen molar-refractivity contribution < 1.29 is 0 Å². The van der Waals surface area contributed by atoms with Crippen LogP contribution in [-0.2, 0) is 6.54 Å². The smallest absolute Gasteiger partial charge is 0.0958 e. The molecule has 0 spiro atoms. The van der Waals surface area contributed by atoms with Crippen molar-refractivity contribution in [2.24, 2.45) is 0 Å². The van der Waals surface area contributed by atoms with Crippen molar-refractivity contribution in [2.75, 3.05) is 7.05 Å². The fourth-order valence-electron chi connectivity index (χ4n) is 1.67. The van der Waals surface area contributed by atoms with Crippen LogP contribution in [-0.4, -0.2) is 22.6 Å². The van der Waals surface area contributed by atoms with Crippen LogP contribution in [0.1, 0.15) is 13.3 Å². The number of aryl methyl sites for hydroxylation is 1. The molecule has 0 saturated heterocycles. The summed E-state index contributed by atoms with van der Waals surface area (Å²) < 4.78 is 2.21. The number of nitrogens with one attached hydrogen (secondary N) is 1. The second kappa shape index (κ2) is 4.45. The van der Waals surface area contributed by atoms with Crippen molar-refractivity contribution in [3.05, 3.63) is 30.6 Å². The Hall–Kier alpha value is -1.35. The number of fused-ring (bicyclic) bond motifs is 1. The topological polar surface area (TPSA) is 29.9 Å². The van der Waals surface area contributed by atoms with Crippen LogP contribution in [0.2, 0.25) is 0 Å². The van der Waals surface area contributed by atoms with Crippen molar-refractivity contribution in [2.45, 2.75) is 25.9 Å². The molecule has 0 bridgehead atoms. The van der Waals surface area contributed by atoms with E-state index in [-0.39, 0.29) is 0 Å². The second-order valence-corrected chi connectivity index (χ2v) is 3.91. The van der Waals surface area contributed by atoms with Gasteiger partial charge in [0.05, 0.1) is 17.4 Å². The molecule has 1 atom stereocenters. The zero-order valence-electron chi connectivity index (χ0n) is 9.27. The van der Waals surface area contributed by atoms with Gasteiger partial charge in [-0.1, -0.05) is 12.1 Å². The van der Waals surface area contributed by atoms with Gasteiger partial charge in [0.2, 0.25) is 0 Å². The maximum absolute atomic E-state index is 4.36. The normalized spacial score (nSPS) is 13.2. The number of rotatable bonds is 4. The molecule has 2 rings (SSSR count). The second-order valence-electron chi connectivity index (χ2n) is 3.91. The number of aromatic nitrogens is 2. The molecule has 0 aliphatic heterocycles. The average Bonchev–Trinajstić information content (AvgIpc) is 2.69. The van der Waals surface area contributed by atoms with E-state index in [2.05, 4.69) is 33.9 Å². The quantitative estimate of drug-likeness (QED) is 0.824. The van der Waals surface area contributed by atoms with Crippen LogP contribution in [0, 0.1) is 0 Å². The minimum absolute atomic E-state index is 0.547. The van der Waals surface area contributed by atoms with Crippen LogP contribution in [0.4, 0.5) is 0 Å². The summed E-state index contributed by atoms with van der Waals surface area (Å²) in [6.07, 6.45) is 3.05. The van der Waals surface area contributed by atoms with Gasteiger partial charge in [0.15, 0.2) is 0 Å². The van der Waals surface area contributed by atoms with Gasteiger partial charge in [-0.25, -0.2) is 4.98 Å². The zero-order chi connectivity index (χ0) is 10.7. The number of hydrogen-bond donors (Lipinski definition) is 1. The largest absolute Gasteiger partial charge is 0.331 e. The van der Waals surface area contributed by atoms with Gasteiger partial charge in [0.25, 0.3) is 0 Å². The third kappa shape index (κ3) is 2.18. The highest BCUT2D eigenvalue weighted by molar-refractivity contribution is 5.74. The molecule has 80 valence electrons. The van der Waals surface area contributed by atoms with Crippen LogP contribution in [0.3, 0.4) is 0 Å². The van der Waals surface area contributed by atoms with Gasteiger partial charge in [0.1, 0.15) is 0 Å². The third-order valence-corrected chi connectivity index (χ3v) is 2.82. The summed E-state index contributed by atoms with van der Waals surface area (Å²) >= 11 is 0. The third-order valence-electron chi connectivity index (χ3n) is 2.82. The van der Waals surface area contributed by atoms with Crippen LogP contribution in [0.15, 0.2) is 30.6 Å². The van der Waals surface area contributed by atoms with Crippen molar-refractivity contribution in [1.29, 1.82) is 0 Å². The Morgan fingerprint density at radius 2 is 2.20 bits per heavy atom. The maximum atomic E-state index is 4.36. The van der Waals surface area contributed by atoms with Crippen LogP contribution in [0.25, 0.3) is 11.0 Å². The summed E-state index contributed by atoms with van der Waals surface area (Å²) in [6, 6.07) is 8.80. The molecule has 0 aliphatic rings. The molecule has 1 aromatic heterocycles. The summed E-state index contributed by atoms with van der Waals surface area (Å²) in [5, 5.41) is 3.24. The molecule has 1 aromatic carbocycles. The Bertz CT molecular complexity index is 433. The number of imidazole rings is 1. The molecule has 0 saturated carbocycles. The summed E-state index contributed by atoms with van der Waals surface area (Å²) in [6.45, 7) is 3.21. The number of nitrogens with zero attached hydrogens (tertiary/aromatic N) is 2. The Balaban J connectivity index is 2.14. The Kier molecular flexibility index (Phi) is 3.02. The monoisotopic (exact) mass is 203 g/mol. The van der Waals surface area contributed by atoms with E-state index in [4.69, 9.17) is 0 Å². The van der Waals surface area contributed by atoms with E-state index in [0.29, 0.717) is 6.04 Å². The molecule has 0 fully saturated rings. The first-order chi connectivity index (χ1) is 7.31. The predicted octanol–water partition coefficient (Wildman–Crippen LogP) is 2.03. The molecule has 0 aliphatic carbocycles. The van der Waals surface area contributed by atoms with Gasteiger partial charge in [-0.3, -0.25) is 0 Å². The molecule has 1 heterocycles. The van der Waals surface area contributed by atoms with Crippen molar-refractivity contribution in [3.8, 4) is 0 Å². The Labute approximate surface area is 90.1 Å². The van der Waals surface area contributed by atoms with Gasteiger partial charge >= 0.3 is 0 Å². The SMILES string of the molecule is CNC(C)CCn1cnc2ccccc21. The maximum Gasteiger partial charge on any atom is 0.0958 e. The van der Waals surface area contributed by atoms with Crippen LogP contribution in [0.5, 0.6) is 0 Å². The highest BCUT2D eigenvalue weighted by atomic mass is 15.0. The summed E-state index contributed by atoms with van der Waals surface area (Å²) in [5.41, 5.74) is 2.30. The lowest BCUT2D eigenvalue weighted by Crippen LogP contribution is -2.22. The van der Waals surface area contributed by atoms with Crippen LogP contribution < -0.4 is 5.32 Å². The lowest BCUT2D eigenvalue weighted by Gasteiger charge is -2.10. The van der Waals surface area contributed by atoms with Crippen LogP contribution >= 0.6 is 0 Å². The fraction of sp³-hybridized carbons (Fsp3) is 0.417. The molecule has 2 aromatic rings.